The normalized spacial score (nSPS) is 20.6. The van der Waals surface area contributed by atoms with E-state index in [1.807, 2.05) is 0 Å². The Hall–Kier alpha value is -1.14. The van der Waals surface area contributed by atoms with Crippen LogP contribution in [0.1, 0.15) is 33.6 Å². The van der Waals surface area contributed by atoms with Gasteiger partial charge in [0, 0.05) is 19.8 Å². The minimum absolute atomic E-state index is 0.207. The summed E-state index contributed by atoms with van der Waals surface area (Å²) >= 11 is 0. The van der Waals surface area contributed by atoms with Gasteiger partial charge in [-0.1, -0.05) is 20.8 Å². The standard InChI is InChI=1S/C13H24N2O4/c1-12(2,3)9(10(16)17)15-11(18)13(8-14)4-6-19-7-5-13/h9H,4-8,14H2,1-3H3,(H,15,18)(H,16,17)/t9-/m0/s1. The Morgan fingerprint density at radius 3 is 2.26 bits per heavy atom. The number of nitrogens with two attached hydrogens (primary N) is 1. The van der Waals surface area contributed by atoms with Gasteiger partial charge < -0.3 is 20.9 Å². The fourth-order valence-electron chi connectivity index (χ4n) is 2.22. The first-order valence-electron chi connectivity index (χ1n) is 6.54. The van der Waals surface area contributed by atoms with Crippen molar-refractivity contribution >= 4 is 11.9 Å². The molecule has 0 bridgehead atoms. The average molecular weight is 272 g/mol. The minimum atomic E-state index is -1.03. The lowest BCUT2D eigenvalue weighted by atomic mass is 9.78. The van der Waals surface area contributed by atoms with E-state index >= 15 is 0 Å². The van der Waals surface area contributed by atoms with Gasteiger partial charge in [-0.2, -0.15) is 0 Å². The highest BCUT2D eigenvalue weighted by Crippen LogP contribution is 2.30. The van der Waals surface area contributed by atoms with Crippen LogP contribution in [0.4, 0.5) is 0 Å². The second-order valence-electron chi connectivity index (χ2n) is 6.21. The summed E-state index contributed by atoms with van der Waals surface area (Å²) in [5, 5.41) is 11.9. The summed E-state index contributed by atoms with van der Waals surface area (Å²) in [6.45, 7) is 6.52. The van der Waals surface area contributed by atoms with Crippen molar-refractivity contribution in [3.8, 4) is 0 Å². The van der Waals surface area contributed by atoms with Crippen LogP contribution in [0.5, 0.6) is 0 Å². The first-order chi connectivity index (χ1) is 8.73. The molecular formula is C13H24N2O4. The molecule has 110 valence electrons. The Balaban J connectivity index is 2.83. The van der Waals surface area contributed by atoms with Crippen LogP contribution >= 0.6 is 0 Å². The molecule has 0 radical (unpaired) electrons. The van der Waals surface area contributed by atoms with Crippen LogP contribution in [-0.2, 0) is 14.3 Å². The van der Waals surface area contributed by atoms with Crippen molar-refractivity contribution in [3.05, 3.63) is 0 Å². The first kappa shape index (κ1) is 15.9. The number of ether oxygens (including phenoxy) is 1. The van der Waals surface area contributed by atoms with E-state index in [9.17, 15) is 14.7 Å². The topological polar surface area (TPSA) is 102 Å². The van der Waals surface area contributed by atoms with Crippen LogP contribution in [-0.4, -0.2) is 42.8 Å². The van der Waals surface area contributed by atoms with Crippen LogP contribution in [0.2, 0.25) is 0 Å². The molecule has 1 saturated heterocycles. The fraction of sp³-hybridized carbons (Fsp3) is 0.846. The van der Waals surface area contributed by atoms with E-state index in [1.54, 1.807) is 20.8 Å². The number of carbonyl (C=O) groups excluding carboxylic acids is 1. The molecule has 1 atom stereocenters. The Morgan fingerprint density at radius 2 is 1.89 bits per heavy atom. The predicted molar refractivity (Wildman–Crippen MR) is 70.6 cm³/mol. The average Bonchev–Trinajstić information content (AvgIpc) is 2.34. The highest BCUT2D eigenvalue weighted by atomic mass is 16.5. The maximum atomic E-state index is 12.4. The van der Waals surface area contributed by atoms with Crippen molar-refractivity contribution < 1.29 is 19.4 Å². The van der Waals surface area contributed by atoms with Crippen LogP contribution in [0.15, 0.2) is 0 Å². The third kappa shape index (κ3) is 3.67. The van der Waals surface area contributed by atoms with Gasteiger partial charge in [-0.3, -0.25) is 4.79 Å². The van der Waals surface area contributed by atoms with E-state index in [0.717, 1.165) is 0 Å². The first-order valence-corrected chi connectivity index (χ1v) is 6.54. The maximum Gasteiger partial charge on any atom is 0.326 e. The Kier molecular flexibility index (Phi) is 4.92. The fourth-order valence-corrected chi connectivity index (χ4v) is 2.22. The van der Waals surface area contributed by atoms with E-state index in [1.165, 1.54) is 0 Å². The monoisotopic (exact) mass is 272 g/mol. The number of carbonyl (C=O) groups is 2. The molecule has 0 aliphatic carbocycles. The summed E-state index contributed by atoms with van der Waals surface area (Å²) in [5.41, 5.74) is 4.49. The zero-order chi connectivity index (χ0) is 14.7. The molecule has 0 aromatic rings. The lowest BCUT2D eigenvalue weighted by Crippen LogP contribution is -2.56. The number of hydrogen-bond donors (Lipinski definition) is 3. The van der Waals surface area contributed by atoms with Crippen LogP contribution in [0, 0.1) is 10.8 Å². The zero-order valence-corrected chi connectivity index (χ0v) is 11.9. The van der Waals surface area contributed by atoms with Gasteiger partial charge in [0.2, 0.25) is 5.91 Å². The van der Waals surface area contributed by atoms with Crippen molar-refractivity contribution in [3.63, 3.8) is 0 Å². The third-order valence-corrected chi connectivity index (χ3v) is 3.71. The van der Waals surface area contributed by atoms with Gasteiger partial charge in [-0.25, -0.2) is 4.79 Å². The van der Waals surface area contributed by atoms with Gasteiger partial charge >= 0.3 is 5.97 Å². The molecule has 19 heavy (non-hydrogen) atoms. The molecule has 1 aliphatic rings. The molecule has 1 heterocycles. The number of hydrogen-bond acceptors (Lipinski definition) is 4. The number of rotatable bonds is 4. The zero-order valence-electron chi connectivity index (χ0n) is 11.9. The summed E-state index contributed by atoms with van der Waals surface area (Å²) < 4.78 is 5.24. The van der Waals surface area contributed by atoms with Gasteiger partial charge in [0.15, 0.2) is 0 Å². The molecule has 0 saturated carbocycles. The van der Waals surface area contributed by atoms with Gasteiger partial charge in [0.25, 0.3) is 0 Å². The molecule has 6 nitrogen and oxygen atoms in total. The molecular weight excluding hydrogens is 248 g/mol. The van der Waals surface area contributed by atoms with Crippen molar-refractivity contribution in [2.75, 3.05) is 19.8 Å². The predicted octanol–water partition coefficient (Wildman–Crippen LogP) is 0.357. The Morgan fingerprint density at radius 1 is 1.37 bits per heavy atom. The molecule has 4 N–H and O–H groups in total. The highest BCUT2D eigenvalue weighted by molar-refractivity contribution is 5.88. The smallest absolute Gasteiger partial charge is 0.326 e. The summed E-state index contributed by atoms with van der Waals surface area (Å²) in [5.74, 6) is -1.30. The quantitative estimate of drug-likeness (QED) is 0.685. The largest absolute Gasteiger partial charge is 0.480 e. The lowest BCUT2D eigenvalue weighted by Gasteiger charge is -2.37. The summed E-state index contributed by atoms with van der Waals surface area (Å²) in [6, 6.07) is -0.925. The summed E-state index contributed by atoms with van der Waals surface area (Å²) in [6.07, 6.45) is 1.07. The van der Waals surface area contributed by atoms with Gasteiger partial charge in [0.05, 0.1) is 5.41 Å². The third-order valence-electron chi connectivity index (χ3n) is 3.71. The Labute approximate surface area is 113 Å². The molecule has 0 unspecified atom stereocenters. The van der Waals surface area contributed by atoms with Crippen LogP contribution in [0.25, 0.3) is 0 Å². The molecule has 1 fully saturated rings. The molecule has 6 heteroatoms. The van der Waals surface area contributed by atoms with Gasteiger partial charge in [0.1, 0.15) is 6.04 Å². The molecule has 1 amide bonds. The van der Waals surface area contributed by atoms with Crippen molar-refractivity contribution in [2.24, 2.45) is 16.6 Å². The number of aliphatic carboxylic acids is 1. The lowest BCUT2D eigenvalue weighted by molar-refractivity contribution is -0.148. The SMILES string of the molecule is CC(C)(C)[C@@H](NC(=O)C1(CN)CCOCC1)C(=O)O. The molecule has 0 aromatic carbocycles. The van der Waals surface area contributed by atoms with Gasteiger partial charge in [-0.15, -0.1) is 0 Å². The summed E-state index contributed by atoms with van der Waals surface area (Å²) in [7, 11) is 0. The minimum Gasteiger partial charge on any atom is -0.480 e. The van der Waals surface area contributed by atoms with E-state index in [4.69, 9.17) is 10.5 Å². The molecule has 1 aliphatic heterocycles. The van der Waals surface area contributed by atoms with E-state index in [2.05, 4.69) is 5.32 Å². The van der Waals surface area contributed by atoms with E-state index in [-0.39, 0.29) is 12.5 Å². The number of carboxylic acid groups (broad SMARTS) is 1. The van der Waals surface area contributed by atoms with Crippen LogP contribution < -0.4 is 11.1 Å². The van der Waals surface area contributed by atoms with Gasteiger partial charge in [-0.05, 0) is 18.3 Å². The number of nitrogens with one attached hydrogen (secondary N) is 1. The molecule has 0 spiro atoms. The van der Waals surface area contributed by atoms with E-state index in [0.29, 0.717) is 26.1 Å². The molecule has 0 aromatic heterocycles. The van der Waals surface area contributed by atoms with Crippen molar-refractivity contribution in [1.29, 1.82) is 0 Å². The summed E-state index contributed by atoms with van der Waals surface area (Å²) in [4.78, 5) is 23.7. The highest BCUT2D eigenvalue weighted by Gasteiger charge is 2.42. The van der Waals surface area contributed by atoms with Crippen molar-refractivity contribution in [2.45, 2.75) is 39.7 Å². The number of carboxylic acids is 1. The molecule has 1 rings (SSSR count). The van der Waals surface area contributed by atoms with E-state index < -0.39 is 22.8 Å². The Bertz CT molecular complexity index is 343. The number of amides is 1. The second-order valence-corrected chi connectivity index (χ2v) is 6.21. The second kappa shape index (κ2) is 5.88. The van der Waals surface area contributed by atoms with Crippen molar-refractivity contribution in [1.82, 2.24) is 5.32 Å². The van der Waals surface area contributed by atoms with Crippen LogP contribution in [0.3, 0.4) is 0 Å². The maximum absolute atomic E-state index is 12.4.